The molecule has 0 aliphatic carbocycles. The first-order valence-corrected chi connectivity index (χ1v) is 6.81. The van der Waals surface area contributed by atoms with Gasteiger partial charge in [-0.1, -0.05) is 11.6 Å². The van der Waals surface area contributed by atoms with Gasteiger partial charge in [-0.3, -0.25) is 0 Å². The van der Waals surface area contributed by atoms with Crippen molar-refractivity contribution < 1.29 is 9.84 Å². The van der Waals surface area contributed by atoms with E-state index in [4.69, 9.17) is 22.1 Å². The fraction of sp³-hybridized carbons (Fsp3) is 0.429. The van der Waals surface area contributed by atoms with Gasteiger partial charge in [0.25, 0.3) is 0 Å². The normalized spacial score (nSPS) is 26.3. The van der Waals surface area contributed by atoms with E-state index in [0.29, 0.717) is 17.7 Å². The number of nitrogen functional groups attached to an aromatic ring is 1. The molecule has 0 spiro atoms. The summed E-state index contributed by atoms with van der Waals surface area (Å²) in [5.41, 5.74) is 7.23. The second kappa shape index (κ2) is 4.94. The standard InChI is InChI=1S/C14H17ClN2O2/c15-12-5-13(16)10(4-14(12)18)1-2-17-6-9-3-11(7-17)19-8-9/h1-2,4-5,9,11,18H,3,6-8,16H2/b2-1+. The summed E-state index contributed by atoms with van der Waals surface area (Å²) in [7, 11) is 0. The zero-order valence-electron chi connectivity index (χ0n) is 10.6. The molecule has 2 saturated heterocycles. The predicted octanol–water partition coefficient (Wildman–Crippen LogP) is 2.32. The van der Waals surface area contributed by atoms with E-state index in [0.717, 1.165) is 25.3 Å². The van der Waals surface area contributed by atoms with E-state index in [1.807, 2.05) is 12.3 Å². The Balaban J connectivity index is 1.74. The first-order valence-electron chi connectivity index (χ1n) is 6.43. The number of hydrogen-bond acceptors (Lipinski definition) is 4. The Labute approximate surface area is 117 Å². The van der Waals surface area contributed by atoms with Crippen LogP contribution in [0.1, 0.15) is 12.0 Å². The maximum Gasteiger partial charge on any atom is 0.134 e. The van der Waals surface area contributed by atoms with Gasteiger partial charge in [0.2, 0.25) is 0 Å². The predicted molar refractivity (Wildman–Crippen MR) is 76.0 cm³/mol. The summed E-state index contributed by atoms with van der Waals surface area (Å²) in [5.74, 6) is 0.692. The van der Waals surface area contributed by atoms with Crippen LogP contribution in [0.2, 0.25) is 5.02 Å². The molecule has 0 saturated carbocycles. The zero-order chi connectivity index (χ0) is 13.4. The van der Waals surface area contributed by atoms with E-state index < -0.39 is 0 Å². The van der Waals surface area contributed by atoms with E-state index in [-0.39, 0.29) is 10.8 Å². The second-order valence-electron chi connectivity index (χ2n) is 5.26. The van der Waals surface area contributed by atoms with Crippen LogP contribution < -0.4 is 5.73 Å². The lowest BCUT2D eigenvalue weighted by Gasteiger charge is -2.29. The molecule has 4 nitrogen and oxygen atoms in total. The van der Waals surface area contributed by atoms with Crippen molar-refractivity contribution in [2.75, 3.05) is 25.4 Å². The molecule has 2 aliphatic rings. The average Bonchev–Trinajstić information content (AvgIpc) is 2.71. The molecule has 2 aliphatic heterocycles. The number of halogens is 1. The fourth-order valence-electron chi connectivity index (χ4n) is 2.75. The average molecular weight is 281 g/mol. The van der Waals surface area contributed by atoms with E-state index in [1.165, 1.54) is 6.42 Å². The van der Waals surface area contributed by atoms with Crippen molar-refractivity contribution in [3.63, 3.8) is 0 Å². The minimum atomic E-state index is 0.0533. The quantitative estimate of drug-likeness (QED) is 0.645. The molecular formula is C14H17ClN2O2. The van der Waals surface area contributed by atoms with E-state index in [1.54, 1.807) is 12.1 Å². The second-order valence-corrected chi connectivity index (χ2v) is 5.67. The number of likely N-dealkylation sites (tertiary alicyclic amines) is 1. The minimum Gasteiger partial charge on any atom is -0.506 e. The maximum atomic E-state index is 9.60. The van der Waals surface area contributed by atoms with Gasteiger partial charge in [-0.15, -0.1) is 0 Å². The van der Waals surface area contributed by atoms with Crippen LogP contribution in [0.25, 0.3) is 6.08 Å². The smallest absolute Gasteiger partial charge is 0.134 e. The van der Waals surface area contributed by atoms with Crippen molar-refractivity contribution in [2.24, 2.45) is 5.92 Å². The van der Waals surface area contributed by atoms with Gasteiger partial charge in [-0.2, -0.15) is 0 Å². The molecule has 102 valence electrons. The van der Waals surface area contributed by atoms with Gasteiger partial charge in [0, 0.05) is 30.3 Å². The SMILES string of the molecule is Nc1cc(Cl)c(O)cc1/C=C/N1CC2COC(C2)C1. The fourth-order valence-corrected chi connectivity index (χ4v) is 2.92. The molecule has 5 heteroatoms. The van der Waals surface area contributed by atoms with Gasteiger partial charge in [0.1, 0.15) is 5.75 Å². The van der Waals surface area contributed by atoms with Crippen LogP contribution in [-0.2, 0) is 4.74 Å². The summed E-state index contributed by atoms with van der Waals surface area (Å²) in [6.07, 6.45) is 5.47. The molecule has 3 N–H and O–H groups in total. The summed E-state index contributed by atoms with van der Waals surface area (Å²) in [4.78, 5) is 2.25. The molecule has 19 heavy (non-hydrogen) atoms. The number of hydrogen-bond donors (Lipinski definition) is 2. The van der Waals surface area contributed by atoms with Crippen LogP contribution in [0.4, 0.5) is 5.69 Å². The highest BCUT2D eigenvalue weighted by Crippen LogP contribution is 2.30. The highest BCUT2D eigenvalue weighted by Gasteiger charge is 2.32. The van der Waals surface area contributed by atoms with Crippen LogP contribution in [0.3, 0.4) is 0 Å². The number of fused-ring (bicyclic) bond motifs is 2. The van der Waals surface area contributed by atoms with E-state index in [2.05, 4.69) is 4.90 Å². The van der Waals surface area contributed by atoms with Crippen LogP contribution in [0, 0.1) is 5.92 Å². The molecule has 0 radical (unpaired) electrons. The molecule has 2 fully saturated rings. The van der Waals surface area contributed by atoms with Crippen molar-refractivity contribution in [1.29, 1.82) is 0 Å². The summed E-state index contributed by atoms with van der Waals surface area (Å²) < 4.78 is 5.66. The van der Waals surface area contributed by atoms with Gasteiger partial charge in [-0.25, -0.2) is 0 Å². The zero-order valence-corrected chi connectivity index (χ0v) is 11.3. The summed E-state index contributed by atoms with van der Waals surface area (Å²) in [6, 6.07) is 3.16. The molecule has 2 atom stereocenters. The van der Waals surface area contributed by atoms with E-state index in [9.17, 15) is 5.11 Å². The molecule has 1 aromatic rings. The topological polar surface area (TPSA) is 58.7 Å². The van der Waals surface area contributed by atoms with Crippen molar-refractivity contribution in [1.82, 2.24) is 4.90 Å². The number of benzene rings is 1. The molecule has 2 heterocycles. The Morgan fingerprint density at radius 1 is 1.42 bits per heavy atom. The van der Waals surface area contributed by atoms with Crippen molar-refractivity contribution >= 4 is 23.4 Å². The number of aromatic hydroxyl groups is 1. The Morgan fingerprint density at radius 3 is 3.05 bits per heavy atom. The lowest BCUT2D eigenvalue weighted by atomic mass is 10.0. The number of ether oxygens (including phenoxy) is 1. The van der Waals surface area contributed by atoms with Crippen LogP contribution in [0.5, 0.6) is 5.75 Å². The first kappa shape index (κ1) is 12.6. The number of piperidine rings is 1. The maximum absolute atomic E-state index is 9.60. The number of phenols is 1. The van der Waals surface area contributed by atoms with Crippen molar-refractivity contribution in [3.05, 3.63) is 28.9 Å². The largest absolute Gasteiger partial charge is 0.506 e. The number of nitrogens with two attached hydrogens (primary N) is 1. The van der Waals surface area contributed by atoms with Crippen molar-refractivity contribution in [3.8, 4) is 5.75 Å². The van der Waals surface area contributed by atoms with Crippen molar-refractivity contribution in [2.45, 2.75) is 12.5 Å². The third-order valence-electron chi connectivity index (χ3n) is 3.71. The van der Waals surface area contributed by atoms with Gasteiger partial charge in [-0.05, 0) is 30.8 Å². The molecule has 3 rings (SSSR count). The first-order chi connectivity index (χ1) is 9.11. The molecule has 2 bridgehead atoms. The monoisotopic (exact) mass is 280 g/mol. The highest BCUT2D eigenvalue weighted by molar-refractivity contribution is 6.32. The third kappa shape index (κ3) is 2.65. The molecule has 0 aromatic heterocycles. The van der Waals surface area contributed by atoms with Gasteiger partial charge in [0.05, 0.1) is 17.7 Å². The third-order valence-corrected chi connectivity index (χ3v) is 4.01. The Hall–Kier alpha value is -1.39. The van der Waals surface area contributed by atoms with Crippen LogP contribution in [-0.4, -0.2) is 35.8 Å². The van der Waals surface area contributed by atoms with Crippen LogP contribution in [0.15, 0.2) is 18.3 Å². The van der Waals surface area contributed by atoms with Crippen LogP contribution >= 0.6 is 11.6 Å². The summed E-state index contributed by atoms with van der Waals surface area (Å²) >= 11 is 5.80. The summed E-state index contributed by atoms with van der Waals surface area (Å²) in [5, 5.41) is 9.88. The van der Waals surface area contributed by atoms with E-state index >= 15 is 0 Å². The Bertz CT molecular complexity index is 506. The van der Waals surface area contributed by atoms with Gasteiger partial charge < -0.3 is 20.5 Å². The molecule has 0 amide bonds. The number of anilines is 1. The Morgan fingerprint density at radius 2 is 2.26 bits per heavy atom. The number of rotatable bonds is 2. The summed E-state index contributed by atoms with van der Waals surface area (Å²) in [6.45, 7) is 2.82. The highest BCUT2D eigenvalue weighted by atomic mass is 35.5. The number of nitrogens with zero attached hydrogens (tertiary/aromatic N) is 1. The molecule has 2 unspecified atom stereocenters. The molecule has 1 aromatic carbocycles. The lowest BCUT2D eigenvalue weighted by Crippen LogP contribution is -2.35. The van der Waals surface area contributed by atoms with Gasteiger partial charge >= 0.3 is 0 Å². The molecular weight excluding hydrogens is 264 g/mol. The number of phenolic OH excluding ortho intramolecular Hbond substituents is 1. The van der Waals surface area contributed by atoms with Gasteiger partial charge in [0.15, 0.2) is 0 Å². The minimum absolute atomic E-state index is 0.0533. The lowest BCUT2D eigenvalue weighted by molar-refractivity contribution is 0.0977. The Kier molecular flexibility index (Phi) is 3.29.